The summed E-state index contributed by atoms with van der Waals surface area (Å²) in [6.07, 6.45) is 2.04. The highest BCUT2D eigenvalue weighted by atomic mass is 19.1. The van der Waals surface area contributed by atoms with Crippen LogP contribution in [0.5, 0.6) is 0 Å². The van der Waals surface area contributed by atoms with Gasteiger partial charge in [0.2, 0.25) is 5.91 Å². The lowest BCUT2D eigenvalue weighted by atomic mass is 9.84. The van der Waals surface area contributed by atoms with Crippen LogP contribution in [0.15, 0.2) is 12.1 Å². The third-order valence-corrected chi connectivity index (χ3v) is 4.08. The standard InChI is InChI=1S/C14H16F2N2O3/c1-14(4-2-3-11(14)17)13(21)18-10-5-7(12(19)20)8(15)6-9(10)16/h5-6,11H,2-4,17H2,1H3,(H,18,21)(H,19,20). The summed E-state index contributed by atoms with van der Waals surface area (Å²) in [5.41, 5.74) is 3.99. The summed E-state index contributed by atoms with van der Waals surface area (Å²) in [6, 6.07) is 0.866. The summed E-state index contributed by atoms with van der Waals surface area (Å²) in [5.74, 6) is -4.25. The van der Waals surface area contributed by atoms with Crippen LogP contribution in [0.25, 0.3) is 0 Å². The van der Waals surface area contributed by atoms with E-state index in [1.807, 2.05) is 0 Å². The van der Waals surface area contributed by atoms with Crippen LogP contribution in [0, 0.1) is 17.0 Å². The zero-order chi connectivity index (χ0) is 15.8. The molecule has 1 amide bonds. The molecule has 1 fully saturated rings. The Hall–Kier alpha value is -2.02. The molecule has 5 nitrogen and oxygen atoms in total. The molecule has 2 unspecified atom stereocenters. The van der Waals surface area contributed by atoms with Crippen molar-refractivity contribution in [3.8, 4) is 0 Å². The Morgan fingerprint density at radius 2 is 2.05 bits per heavy atom. The summed E-state index contributed by atoms with van der Waals surface area (Å²) in [4.78, 5) is 23.1. The van der Waals surface area contributed by atoms with Gasteiger partial charge in [0.15, 0.2) is 0 Å². The fourth-order valence-electron chi connectivity index (χ4n) is 2.55. The molecule has 114 valence electrons. The van der Waals surface area contributed by atoms with Gasteiger partial charge in [0.25, 0.3) is 0 Å². The molecule has 21 heavy (non-hydrogen) atoms. The number of rotatable bonds is 3. The van der Waals surface area contributed by atoms with Gasteiger partial charge in [0, 0.05) is 12.1 Å². The molecular weight excluding hydrogens is 282 g/mol. The third-order valence-electron chi connectivity index (χ3n) is 4.08. The molecule has 1 aromatic rings. The summed E-state index contributed by atoms with van der Waals surface area (Å²) in [5, 5.41) is 11.1. The molecule has 0 saturated heterocycles. The van der Waals surface area contributed by atoms with E-state index in [9.17, 15) is 18.4 Å². The van der Waals surface area contributed by atoms with Gasteiger partial charge in [-0.15, -0.1) is 0 Å². The maximum absolute atomic E-state index is 13.7. The Kier molecular flexibility index (Phi) is 3.95. The van der Waals surface area contributed by atoms with Crippen molar-refractivity contribution in [2.75, 3.05) is 5.32 Å². The van der Waals surface area contributed by atoms with E-state index in [4.69, 9.17) is 10.8 Å². The quantitative estimate of drug-likeness (QED) is 0.797. The van der Waals surface area contributed by atoms with Crippen molar-refractivity contribution in [2.24, 2.45) is 11.1 Å². The first kappa shape index (κ1) is 15.4. The predicted molar refractivity (Wildman–Crippen MR) is 71.9 cm³/mol. The van der Waals surface area contributed by atoms with Crippen LogP contribution in [0.3, 0.4) is 0 Å². The molecule has 0 spiro atoms. The van der Waals surface area contributed by atoms with Crippen molar-refractivity contribution >= 4 is 17.6 Å². The monoisotopic (exact) mass is 298 g/mol. The van der Waals surface area contributed by atoms with Gasteiger partial charge >= 0.3 is 5.97 Å². The highest BCUT2D eigenvalue weighted by Crippen LogP contribution is 2.38. The van der Waals surface area contributed by atoms with E-state index in [0.717, 1.165) is 12.5 Å². The van der Waals surface area contributed by atoms with Crippen molar-refractivity contribution in [1.82, 2.24) is 0 Å². The minimum atomic E-state index is -1.54. The zero-order valence-electron chi connectivity index (χ0n) is 11.5. The second kappa shape index (κ2) is 5.40. The maximum Gasteiger partial charge on any atom is 0.338 e. The number of hydrogen-bond acceptors (Lipinski definition) is 3. The van der Waals surface area contributed by atoms with Crippen LogP contribution < -0.4 is 11.1 Å². The van der Waals surface area contributed by atoms with E-state index in [1.165, 1.54) is 0 Å². The number of anilines is 1. The van der Waals surface area contributed by atoms with Gasteiger partial charge in [0.1, 0.15) is 11.6 Å². The first-order chi connectivity index (χ1) is 9.75. The van der Waals surface area contributed by atoms with E-state index in [0.29, 0.717) is 18.9 Å². The molecule has 2 rings (SSSR count). The van der Waals surface area contributed by atoms with Gasteiger partial charge < -0.3 is 16.2 Å². The zero-order valence-corrected chi connectivity index (χ0v) is 11.5. The van der Waals surface area contributed by atoms with Crippen molar-refractivity contribution in [2.45, 2.75) is 32.2 Å². The van der Waals surface area contributed by atoms with Crippen LogP contribution in [-0.4, -0.2) is 23.0 Å². The number of benzene rings is 1. The normalized spacial score (nSPS) is 24.9. The van der Waals surface area contributed by atoms with E-state index < -0.39 is 34.5 Å². The van der Waals surface area contributed by atoms with Crippen LogP contribution in [0.2, 0.25) is 0 Å². The van der Waals surface area contributed by atoms with Crippen LogP contribution in [0.4, 0.5) is 14.5 Å². The Balaban J connectivity index is 2.29. The van der Waals surface area contributed by atoms with Crippen molar-refractivity contribution in [1.29, 1.82) is 0 Å². The lowest BCUT2D eigenvalue weighted by Gasteiger charge is -2.27. The van der Waals surface area contributed by atoms with Gasteiger partial charge in [-0.3, -0.25) is 4.79 Å². The highest BCUT2D eigenvalue weighted by Gasteiger charge is 2.43. The molecule has 0 aromatic heterocycles. The number of carboxylic acids is 1. The average Bonchev–Trinajstić information content (AvgIpc) is 2.73. The smallest absolute Gasteiger partial charge is 0.338 e. The summed E-state index contributed by atoms with van der Waals surface area (Å²) >= 11 is 0. The van der Waals surface area contributed by atoms with Crippen molar-refractivity contribution < 1.29 is 23.5 Å². The van der Waals surface area contributed by atoms with Gasteiger partial charge in [-0.25, -0.2) is 13.6 Å². The SMILES string of the molecule is CC1(C(=O)Nc2cc(C(=O)O)c(F)cc2F)CCCC1N. The molecule has 1 aliphatic rings. The van der Waals surface area contributed by atoms with E-state index in [1.54, 1.807) is 6.92 Å². The molecule has 2 atom stereocenters. The summed E-state index contributed by atoms with van der Waals surface area (Å²) in [7, 11) is 0. The van der Waals surface area contributed by atoms with Gasteiger partial charge in [-0.05, 0) is 25.8 Å². The molecule has 1 aromatic carbocycles. The number of nitrogens with one attached hydrogen (secondary N) is 1. The molecule has 0 radical (unpaired) electrons. The van der Waals surface area contributed by atoms with Crippen LogP contribution in [0.1, 0.15) is 36.5 Å². The van der Waals surface area contributed by atoms with Gasteiger partial charge in [-0.1, -0.05) is 6.42 Å². The Morgan fingerprint density at radius 3 is 2.57 bits per heavy atom. The molecule has 0 aliphatic heterocycles. The number of carboxylic acid groups (broad SMARTS) is 1. The summed E-state index contributed by atoms with van der Waals surface area (Å²) < 4.78 is 27.0. The van der Waals surface area contributed by atoms with Crippen molar-refractivity contribution in [3.05, 3.63) is 29.3 Å². The average molecular weight is 298 g/mol. The highest BCUT2D eigenvalue weighted by molar-refractivity contribution is 5.97. The van der Waals surface area contributed by atoms with E-state index >= 15 is 0 Å². The second-order valence-corrected chi connectivity index (χ2v) is 5.49. The molecular formula is C14H16F2N2O3. The Bertz CT molecular complexity index is 606. The topological polar surface area (TPSA) is 92.4 Å². The van der Waals surface area contributed by atoms with Crippen LogP contribution >= 0.6 is 0 Å². The minimum absolute atomic E-state index is 0.347. The number of amides is 1. The predicted octanol–water partition coefficient (Wildman–Crippen LogP) is 2.12. The number of halogens is 2. The van der Waals surface area contributed by atoms with Crippen molar-refractivity contribution in [3.63, 3.8) is 0 Å². The van der Waals surface area contributed by atoms with Crippen LogP contribution in [-0.2, 0) is 4.79 Å². The number of carbonyl (C=O) groups is 2. The molecule has 7 heteroatoms. The third kappa shape index (κ3) is 2.73. The molecule has 0 heterocycles. The number of aromatic carboxylic acids is 1. The number of hydrogen-bond donors (Lipinski definition) is 3. The number of nitrogens with two attached hydrogens (primary N) is 1. The molecule has 4 N–H and O–H groups in total. The lowest BCUT2D eigenvalue weighted by molar-refractivity contribution is -0.125. The second-order valence-electron chi connectivity index (χ2n) is 5.49. The minimum Gasteiger partial charge on any atom is -0.478 e. The Labute approximate surface area is 120 Å². The molecule has 1 aliphatic carbocycles. The fraction of sp³-hybridized carbons (Fsp3) is 0.429. The lowest BCUT2D eigenvalue weighted by Crippen LogP contribution is -2.44. The maximum atomic E-state index is 13.7. The van der Waals surface area contributed by atoms with E-state index in [-0.39, 0.29) is 11.7 Å². The van der Waals surface area contributed by atoms with Gasteiger partial charge in [0.05, 0.1) is 16.7 Å². The molecule has 0 bridgehead atoms. The Morgan fingerprint density at radius 1 is 1.38 bits per heavy atom. The largest absolute Gasteiger partial charge is 0.478 e. The van der Waals surface area contributed by atoms with E-state index in [2.05, 4.69) is 5.32 Å². The first-order valence-electron chi connectivity index (χ1n) is 6.55. The fourth-order valence-corrected chi connectivity index (χ4v) is 2.55. The van der Waals surface area contributed by atoms with Gasteiger partial charge in [-0.2, -0.15) is 0 Å². The molecule has 1 saturated carbocycles. The number of carbonyl (C=O) groups excluding carboxylic acids is 1. The first-order valence-corrected chi connectivity index (χ1v) is 6.55. The summed E-state index contributed by atoms with van der Waals surface area (Å²) in [6.45, 7) is 1.68.